The van der Waals surface area contributed by atoms with Crippen molar-refractivity contribution in [2.45, 2.75) is 20.0 Å². The predicted octanol–water partition coefficient (Wildman–Crippen LogP) is 3.14. The molecule has 31 heavy (non-hydrogen) atoms. The summed E-state index contributed by atoms with van der Waals surface area (Å²) in [5, 5.41) is 1.45. The van der Waals surface area contributed by atoms with Crippen LogP contribution >= 0.6 is 11.6 Å². The molecule has 0 bridgehead atoms. The van der Waals surface area contributed by atoms with Crippen LogP contribution in [0.4, 0.5) is 5.69 Å². The highest BCUT2D eigenvalue weighted by Gasteiger charge is 2.35. The first-order valence-corrected chi connectivity index (χ1v) is 9.86. The molecule has 0 aliphatic carbocycles. The van der Waals surface area contributed by atoms with Crippen molar-refractivity contribution in [2.24, 2.45) is 0 Å². The summed E-state index contributed by atoms with van der Waals surface area (Å²) in [4.78, 5) is 37.4. The number of carbonyl (C=O) groups excluding carboxylic acids is 3. The molecule has 1 aliphatic heterocycles. The van der Waals surface area contributed by atoms with Gasteiger partial charge in [-0.15, -0.1) is 0 Å². The summed E-state index contributed by atoms with van der Waals surface area (Å²) < 4.78 is 16.1. The smallest absolute Gasteiger partial charge is 0.347 e. The van der Waals surface area contributed by atoms with E-state index in [0.29, 0.717) is 16.3 Å². The van der Waals surface area contributed by atoms with Crippen LogP contribution in [0.1, 0.15) is 19.4 Å². The number of anilines is 1. The summed E-state index contributed by atoms with van der Waals surface area (Å²) in [6, 6.07) is 11.7. The molecule has 2 amide bonds. The molecule has 2 aromatic carbocycles. The standard InChI is InChI=1S/C22H21ClN2O6/c1-4-30-22(28)13(2)31-19-14(10-15(23)12-18(19)29-3)11-17-20(26)24-25(21(17)27)16-8-6-5-7-9-16/h5-13H,4H2,1-3H3,(H,24,26)/b17-11-/t13-/m0/s1. The summed E-state index contributed by atoms with van der Waals surface area (Å²) in [5.41, 5.74) is 3.22. The van der Waals surface area contributed by atoms with Crippen molar-refractivity contribution >= 4 is 41.1 Å². The average molecular weight is 445 g/mol. The van der Waals surface area contributed by atoms with Gasteiger partial charge in [-0.05, 0) is 38.1 Å². The van der Waals surface area contributed by atoms with Crippen molar-refractivity contribution in [3.8, 4) is 11.5 Å². The fourth-order valence-electron chi connectivity index (χ4n) is 2.93. The third-order valence-corrected chi connectivity index (χ3v) is 4.61. The molecule has 1 N–H and O–H groups in total. The summed E-state index contributed by atoms with van der Waals surface area (Å²) in [6.07, 6.45) is 0.392. The van der Waals surface area contributed by atoms with Gasteiger partial charge in [-0.2, -0.15) is 0 Å². The van der Waals surface area contributed by atoms with Gasteiger partial charge in [0.15, 0.2) is 17.6 Å². The van der Waals surface area contributed by atoms with E-state index in [1.54, 1.807) is 37.3 Å². The first-order valence-electron chi connectivity index (χ1n) is 9.48. The second-order valence-corrected chi connectivity index (χ2v) is 6.95. The number of para-hydroxylation sites is 1. The van der Waals surface area contributed by atoms with Gasteiger partial charge in [-0.1, -0.05) is 29.8 Å². The van der Waals surface area contributed by atoms with Crippen LogP contribution in [-0.2, 0) is 19.1 Å². The zero-order valence-corrected chi connectivity index (χ0v) is 17.9. The number of hydrazine groups is 1. The fraction of sp³-hybridized carbons (Fsp3) is 0.227. The number of nitrogens with one attached hydrogen (secondary N) is 1. The number of ether oxygens (including phenoxy) is 3. The predicted molar refractivity (Wildman–Crippen MR) is 115 cm³/mol. The van der Waals surface area contributed by atoms with E-state index >= 15 is 0 Å². The molecule has 0 unspecified atom stereocenters. The maximum Gasteiger partial charge on any atom is 0.347 e. The summed E-state index contributed by atoms with van der Waals surface area (Å²) in [6.45, 7) is 3.41. The Balaban J connectivity index is 2.01. The molecule has 0 aromatic heterocycles. The van der Waals surface area contributed by atoms with Crippen LogP contribution in [-0.4, -0.2) is 37.6 Å². The Morgan fingerprint density at radius 1 is 1.23 bits per heavy atom. The van der Waals surface area contributed by atoms with Gasteiger partial charge in [0, 0.05) is 16.7 Å². The molecule has 8 nitrogen and oxygen atoms in total. The average Bonchev–Trinajstić information content (AvgIpc) is 3.04. The van der Waals surface area contributed by atoms with Gasteiger partial charge in [0.05, 0.1) is 19.4 Å². The molecule has 0 radical (unpaired) electrons. The van der Waals surface area contributed by atoms with E-state index in [1.807, 2.05) is 0 Å². The highest BCUT2D eigenvalue weighted by atomic mass is 35.5. The number of hydrogen-bond donors (Lipinski definition) is 1. The van der Waals surface area contributed by atoms with Crippen LogP contribution in [0.25, 0.3) is 6.08 Å². The third-order valence-electron chi connectivity index (χ3n) is 4.39. The number of esters is 1. The van der Waals surface area contributed by atoms with Gasteiger partial charge in [0.2, 0.25) is 0 Å². The van der Waals surface area contributed by atoms with Crippen molar-refractivity contribution in [2.75, 3.05) is 18.7 Å². The number of carbonyl (C=O) groups is 3. The summed E-state index contributed by atoms with van der Waals surface area (Å²) in [7, 11) is 1.41. The van der Waals surface area contributed by atoms with Gasteiger partial charge in [0.25, 0.3) is 11.8 Å². The molecule has 1 fully saturated rings. The first kappa shape index (κ1) is 22.2. The van der Waals surface area contributed by atoms with Crippen LogP contribution in [0.3, 0.4) is 0 Å². The van der Waals surface area contributed by atoms with E-state index in [0.717, 1.165) is 5.01 Å². The Kier molecular flexibility index (Phi) is 6.81. The van der Waals surface area contributed by atoms with Crippen LogP contribution in [0.15, 0.2) is 48.0 Å². The minimum absolute atomic E-state index is 0.123. The summed E-state index contributed by atoms with van der Waals surface area (Å²) >= 11 is 6.18. The lowest BCUT2D eigenvalue weighted by Crippen LogP contribution is -2.35. The number of methoxy groups -OCH3 is 1. The number of hydrogen-bond acceptors (Lipinski definition) is 6. The Bertz CT molecular complexity index is 1040. The molecular weight excluding hydrogens is 424 g/mol. The van der Waals surface area contributed by atoms with Crippen LogP contribution < -0.4 is 19.9 Å². The quantitative estimate of drug-likeness (QED) is 0.400. The molecule has 1 aliphatic rings. The van der Waals surface area contributed by atoms with Crippen LogP contribution in [0.5, 0.6) is 11.5 Å². The second kappa shape index (κ2) is 9.53. The molecule has 162 valence electrons. The Hall–Kier alpha value is -3.52. The maximum absolute atomic E-state index is 12.9. The second-order valence-electron chi connectivity index (χ2n) is 6.51. The number of nitrogens with zero attached hydrogens (tertiary/aromatic N) is 1. The number of halogens is 1. The highest BCUT2D eigenvalue weighted by Crippen LogP contribution is 2.37. The maximum atomic E-state index is 12.9. The number of benzene rings is 2. The van der Waals surface area contributed by atoms with E-state index in [2.05, 4.69) is 5.43 Å². The Morgan fingerprint density at radius 3 is 2.58 bits per heavy atom. The van der Waals surface area contributed by atoms with Crippen LogP contribution in [0.2, 0.25) is 5.02 Å². The lowest BCUT2D eigenvalue weighted by Gasteiger charge is -2.18. The summed E-state index contributed by atoms with van der Waals surface area (Å²) in [5.74, 6) is -1.31. The topological polar surface area (TPSA) is 94.2 Å². The minimum Gasteiger partial charge on any atom is -0.493 e. The fourth-order valence-corrected chi connectivity index (χ4v) is 3.15. The zero-order valence-electron chi connectivity index (χ0n) is 17.2. The van der Waals surface area contributed by atoms with Crippen molar-refractivity contribution in [3.63, 3.8) is 0 Å². The van der Waals surface area contributed by atoms with Gasteiger partial charge in [-0.3, -0.25) is 15.0 Å². The monoisotopic (exact) mass is 444 g/mol. The van der Waals surface area contributed by atoms with Crippen molar-refractivity contribution < 1.29 is 28.6 Å². The minimum atomic E-state index is -0.957. The largest absolute Gasteiger partial charge is 0.493 e. The van der Waals surface area contributed by atoms with Crippen molar-refractivity contribution in [3.05, 3.63) is 58.6 Å². The molecular formula is C22H21ClN2O6. The number of rotatable bonds is 7. The van der Waals surface area contributed by atoms with Gasteiger partial charge >= 0.3 is 5.97 Å². The van der Waals surface area contributed by atoms with E-state index in [4.69, 9.17) is 25.8 Å². The zero-order chi connectivity index (χ0) is 22.5. The van der Waals surface area contributed by atoms with E-state index in [1.165, 1.54) is 32.2 Å². The molecule has 0 saturated carbocycles. The lowest BCUT2D eigenvalue weighted by molar-refractivity contribution is -0.150. The van der Waals surface area contributed by atoms with E-state index in [9.17, 15) is 14.4 Å². The van der Waals surface area contributed by atoms with Gasteiger partial charge < -0.3 is 14.2 Å². The molecule has 0 spiro atoms. The Morgan fingerprint density at radius 2 is 1.94 bits per heavy atom. The molecule has 1 saturated heterocycles. The lowest BCUT2D eigenvalue weighted by atomic mass is 10.1. The molecule has 1 heterocycles. The SMILES string of the molecule is CCOC(=O)[C@H](C)Oc1c(/C=C2/C(=O)NN(c3ccccc3)C2=O)cc(Cl)cc1OC. The van der Waals surface area contributed by atoms with Gasteiger partial charge in [-0.25, -0.2) is 9.80 Å². The molecule has 9 heteroatoms. The van der Waals surface area contributed by atoms with Gasteiger partial charge in [0.1, 0.15) is 5.57 Å². The molecule has 1 atom stereocenters. The van der Waals surface area contributed by atoms with E-state index in [-0.39, 0.29) is 23.7 Å². The van der Waals surface area contributed by atoms with E-state index < -0.39 is 23.9 Å². The van der Waals surface area contributed by atoms with Crippen LogP contribution in [0, 0.1) is 0 Å². The number of amides is 2. The third kappa shape index (κ3) is 4.80. The normalized spacial score (nSPS) is 15.6. The first-order chi connectivity index (χ1) is 14.8. The highest BCUT2D eigenvalue weighted by molar-refractivity contribution is 6.32. The molecule has 2 aromatic rings. The molecule has 3 rings (SSSR count). The van der Waals surface area contributed by atoms with Crippen molar-refractivity contribution in [1.82, 2.24) is 5.43 Å². The van der Waals surface area contributed by atoms with Crippen molar-refractivity contribution in [1.29, 1.82) is 0 Å². The Labute approximate surface area is 184 Å².